The van der Waals surface area contributed by atoms with Crippen LogP contribution in [0.3, 0.4) is 0 Å². The summed E-state index contributed by atoms with van der Waals surface area (Å²) in [6.07, 6.45) is 0. The van der Waals surface area contributed by atoms with Crippen LogP contribution >= 0.6 is 11.6 Å². The lowest BCUT2D eigenvalue weighted by Gasteiger charge is -2.10. The van der Waals surface area contributed by atoms with Crippen LogP contribution in [0.1, 0.15) is 0 Å². The number of hydrogen-bond donors (Lipinski definition) is 3. The second-order valence-corrected chi connectivity index (χ2v) is 3.97. The Kier molecular flexibility index (Phi) is 3.06. The van der Waals surface area contributed by atoms with Crippen LogP contribution < -0.4 is 16.8 Å². The second kappa shape index (κ2) is 4.51. The van der Waals surface area contributed by atoms with Gasteiger partial charge in [0.15, 0.2) is 0 Å². The first kappa shape index (κ1) is 11.5. The fourth-order valence-electron chi connectivity index (χ4n) is 1.41. The number of halogens is 2. The van der Waals surface area contributed by atoms with Crippen LogP contribution in [0.25, 0.3) is 0 Å². The molecule has 5 heteroatoms. The predicted octanol–water partition coefficient (Wildman–Crippen LogP) is 3.39. The molecule has 0 heterocycles. The topological polar surface area (TPSA) is 64.1 Å². The maximum absolute atomic E-state index is 13.5. The molecule has 0 aliphatic rings. The third-order valence-corrected chi connectivity index (χ3v) is 2.63. The molecule has 0 fully saturated rings. The molecule has 0 atom stereocenters. The number of benzene rings is 2. The van der Waals surface area contributed by atoms with Crippen LogP contribution in [0.2, 0.25) is 5.02 Å². The fraction of sp³-hybridized carbons (Fsp3) is 0. The SMILES string of the molecule is Nc1ccc(Nc2c(F)cccc2Cl)cc1N. The highest BCUT2D eigenvalue weighted by atomic mass is 35.5. The third-order valence-electron chi connectivity index (χ3n) is 2.32. The van der Waals surface area contributed by atoms with Crippen molar-refractivity contribution in [2.75, 3.05) is 16.8 Å². The number of nitrogens with one attached hydrogen (secondary N) is 1. The molecule has 0 spiro atoms. The van der Waals surface area contributed by atoms with Gasteiger partial charge in [-0.25, -0.2) is 4.39 Å². The van der Waals surface area contributed by atoms with Gasteiger partial charge >= 0.3 is 0 Å². The Morgan fingerprint density at radius 3 is 2.47 bits per heavy atom. The predicted molar refractivity (Wildman–Crippen MR) is 70.0 cm³/mol. The highest BCUT2D eigenvalue weighted by molar-refractivity contribution is 6.33. The zero-order valence-electron chi connectivity index (χ0n) is 8.87. The van der Waals surface area contributed by atoms with Gasteiger partial charge < -0.3 is 16.8 Å². The van der Waals surface area contributed by atoms with Crippen LogP contribution in [0.5, 0.6) is 0 Å². The Hall–Kier alpha value is -1.94. The van der Waals surface area contributed by atoms with Crippen LogP contribution in [0.15, 0.2) is 36.4 Å². The van der Waals surface area contributed by atoms with Gasteiger partial charge in [0, 0.05) is 5.69 Å². The molecule has 0 aliphatic heterocycles. The monoisotopic (exact) mass is 251 g/mol. The highest BCUT2D eigenvalue weighted by Gasteiger charge is 2.07. The van der Waals surface area contributed by atoms with E-state index in [0.717, 1.165) is 0 Å². The minimum atomic E-state index is -0.423. The first-order valence-electron chi connectivity index (χ1n) is 4.94. The van der Waals surface area contributed by atoms with E-state index in [1.54, 1.807) is 30.3 Å². The number of anilines is 4. The molecular weight excluding hydrogens is 241 g/mol. The quantitative estimate of drug-likeness (QED) is 0.717. The Labute approximate surface area is 103 Å². The van der Waals surface area contributed by atoms with Crippen molar-refractivity contribution >= 4 is 34.4 Å². The van der Waals surface area contributed by atoms with Gasteiger partial charge in [-0.1, -0.05) is 17.7 Å². The lowest BCUT2D eigenvalue weighted by Crippen LogP contribution is -1.98. The third kappa shape index (κ3) is 2.42. The molecule has 0 saturated carbocycles. The van der Waals surface area contributed by atoms with Gasteiger partial charge in [0.1, 0.15) is 5.82 Å². The van der Waals surface area contributed by atoms with E-state index in [1.165, 1.54) is 6.07 Å². The molecule has 0 saturated heterocycles. The van der Waals surface area contributed by atoms with E-state index in [9.17, 15) is 4.39 Å². The molecule has 0 unspecified atom stereocenters. The van der Waals surface area contributed by atoms with Crippen molar-refractivity contribution in [3.05, 3.63) is 47.2 Å². The van der Waals surface area contributed by atoms with Gasteiger partial charge in [-0.2, -0.15) is 0 Å². The first-order chi connectivity index (χ1) is 8.08. The number of para-hydroxylation sites is 1. The Morgan fingerprint density at radius 1 is 1.06 bits per heavy atom. The summed E-state index contributed by atoms with van der Waals surface area (Å²) in [4.78, 5) is 0. The summed E-state index contributed by atoms with van der Waals surface area (Å²) in [6.45, 7) is 0. The molecule has 0 amide bonds. The average Bonchev–Trinajstić information content (AvgIpc) is 2.28. The summed E-state index contributed by atoms with van der Waals surface area (Å²) in [5, 5.41) is 3.17. The van der Waals surface area contributed by atoms with Crippen LogP contribution in [-0.4, -0.2) is 0 Å². The van der Waals surface area contributed by atoms with Gasteiger partial charge in [0.2, 0.25) is 0 Å². The van der Waals surface area contributed by atoms with E-state index in [2.05, 4.69) is 5.32 Å². The molecule has 3 nitrogen and oxygen atoms in total. The Morgan fingerprint density at radius 2 is 1.82 bits per heavy atom. The maximum atomic E-state index is 13.5. The van der Waals surface area contributed by atoms with E-state index >= 15 is 0 Å². The molecule has 2 rings (SSSR count). The van der Waals surface area contributed by atoms with Crippen molar-refractivity contribution in [1.29, 1.82) is 0 Å². The lowest BCUT2D eigenvalue weighted by atomic mass is 10.2. The van der Waals surface area contributed by atoms with E-state index in [4.69, 9.17) is 23.1 Å². The molecule has 0 bridgehead atoms. The zero-order chi connectivity index (χ0) is 12.4. The highest BCUT2D eigenvalue weighted by Crippen LogP contribution is 2.29. The number of nitrogens with two attached hydrogens (primary N) is 2. The number of rotatable bonds is 2. The van der Waals surface area contributed by atoms with Gasteiger partial charge in [-0.05, 0) is 30.3 Å². The normalized spacial score (nSPS) is 10.2. The maximum Gasteiger partial charge on any atom is 0.148 e. The summed E-state index contributed by atoms with van der Waals surface area (Å²) < 4.78 is 13.5. The summed E-state index contributed by atoms with van der Waals surface area (Å²) in [6, 6.07) is 9.45. The smallest absolute Gasteiger partial charge is 0.148 e. The van der Waals surface area contributed by atoms with Crippen molar-refractivity contribution in [2.45, 2.75) is 0 Å². The van der Waals surface area contributed by atoms with E-state index in [0.29, 0.717) is 22.1 Å². The van der Waals surface area contributed by atoms with E-state index < -0.39 is 5.82 Å². The molecule has 2 aromatic carbocycles. The molecule has 88 valence electrons. The van der Waals surface area contributed by atoms with E-state index in [-0.39, 0.29) is 5.69 Å². The average molecular weight is 252 g/mol. The minimum absolute atomic E-state index is 0.221. The Bertz CT molecular complexity index is 537. The van der Waals surface area contributed by atoms with Gasteiger partial charge in [0.05, 0.1) is 22.1 Å². The molecule has 0 aromatic heterocycles. The summed E-state index contributed by atoms with van der Waals surface area (Å²) in [7, 11) is 0. The molecule has 5 N–H and O–H groups in total. The van der Waals surface area contributed by atoms with Gasteiger partial charge in [-0.15, -0.1) is 0 Å². The standard InChI is InChI=1S/C12H11ClFN3/c13-8-2-1-3-9(14)12(8)17-7-4-5-10(15)11(16)6-7/h1-6,17H,15-16H2. The first-order valence-corrected chi connectivity index (χ1v) is 5.32. The van der Waals surface area contributed by atoms with E-state index in [1.807, 2.05) is 0 Å². The largest absolute Gasteiger partial charge is 0.397 e. The Balaban J connectivity index is 2.35. The lowest BCUT2D eigenvalue weighted by molar-refractivity contribution is 0.632. The number of hydrogen-bond acceptors (Lipinski definition) is 3. The van der Waals surface area contributed by atoms with Gasteiger partial charge in [0.25, 0.3) is 0 Å². The molecule has 0 aliphatic carbocycles. The zero-order valence-corrected chi connectivity index (χ0v) is 9.63. The molecule has 0 radical (unpaired) electrons. The summed E-state index contributed by atoms with van der Waals surface area (Å²) in [5.74, 6) is -0.423. The summed E-state index contributed by atoms with van der Waals surface area (Å²) in [5.41, 5.74) is 13.0. The van der Waals surface area contributed by atoms with Crippen molar-refractivity contribution < 1.29 is 4.39 Å². The molecule has 2 aromatic rings. The van der Waals surface area contributed by atoms with Crippen molar-refractivity contribution in [2.24, 2.45) is 0 Å². The van der Waals surface area contributed by atoms with Crippen LogP contribution in [-0.2, 0) is 0 Å². The minimum Gasteiger partial charge on any atom is -0.397 e. The fourth-order valence-corrected chi connectivity index (χ4v) is 1.62. The van der Waals surface area contributed by atoms with Crippen molar-refractivity contribution in [1.82, 2.24) is 0 Å². The molecular formula is C12H11ClFN3. The van der Waals surface area contributed by atoms with Crippen LogP contribution in [0, 0.1) is 5.82 Å². The van der Waals surface area contributed by atoms with Crippen molar-refractivity contribution in [3.63, 3.8) is 0 Å². The molecule has 17 heavy (non-hydrogen) atoms. The van der Waals surface area contributed by atoms with Crippen molar-refractivity contribution in [3.8, 4) is 0 Å². The second-order valence-electron chi connectivity index (χ2n) is 3.57. The number of nitrogen functional groups attached to an aromatic ring is 2. The van der Waals surface area contributed by atoms with Gasteiger partial charge in [-0.3, -0.25) is 0 Å². The van der Waals surface area contributed by atoms with Crippen LogP contribution in [0.4, 0.5) is 27.1 Å². The summed E-state index contributed by atoms with van der Waals surface area (Å²) >= 11 is 5.89.